The molecule has 1 aliphatic carbocycles. The van der Waals surface area contributed by atoms with Gasteiger partial charge in [0.15, 0.2) is 0 Å². The number of hydrazone groups is 1. The third-order valence-corrected chi connectivity index (χ3v) is 4.24. The van der Waals surface area contributed by atoms with Gasteiger partial charge in [0.1, 0.15) is 0 Å². The zero-order valence-corrected chi connectivity index (χ0v) is 10.1. The molecule has 1 aliphatic heterocycles. The summed E-state index contributed by atoms with van der Waals surface area (Å²) in [6.45, 7) is 3.46. The van der Waals surface area contributed by atoms with Crippen LogP contribution in [0.5, 0.6) is 0 Å². The SMILES string of the molecule is CC=NN1CCC2(CCC(C(F)(F)F)C2)CC1. The quantitative estimate of drug-likeness (QED) is 0.649. The van der Waals surface area contributed by atoms with Crippen molar-refractivity contribution in [3.63, 3.8) is 0 Å². The monoisotopic (exact) mass is 248 g/mol. The molecule has 1 saturated heterocycles. The number of piperidine rings is 1. The van der Waals surface area contributed by atoms with Crippen LogP contribution in [0, 0.1) is 11.3 Å². The number of halogens is 3. The maximum Gasteiger partial charge on any atom is 0.391 e. The lowest BCUT2D eigenvalue weighted by Crippen LogP contribution is -2.36. The molecular weight excluding hydrogens is 229 g/mol. The highest BCUT2D eigenvalue weighted by atomic mass is 19.4. The molecule has 0 bridgehead atoms. The van der Waals surface area contributed by atoms with E-state index in [0.717, 1.165) is 32.4 Å². The molecule has 2 nitrogen and oxygen atoms in total. The second kappa shape index (κ2) is 4.50. The molecule has 17 heavy (non-hydrogen) atoms. The molecule has 1 unspecified atom stereocenters. The molecule has 2 rings (SSSR count). The van der Waals surface area contributed by atoms with E-state index in [2.05, 4.69) is 5.10 Å². The standard InChI is InChI=1S/C12H19F3N2/c1-2-16-17-7-5-11(6-8-17)4-3-10(9-11)12(13,14)15/h2,10H,3-9H2,1H3. The molecule has 0 aromatic rings. The zero-order valence-electron chi connectivity index (χ0n) is 10.1. The van der Waals surface area contributed by atoms with Gasteiger partial charge in [-0.15, -0.1) is 0 Å². The molecular formula is C12H19F3N2. The normalized spacial score (nSPS) is 29.4. The molecule has 1 saturated carbocycles. The van der Waals surface area contributed by atoms with Crippen LogP contribution in [0.3, 0.4) is 0 Å². The van der Waals surface area contributed by atoms with Crippen LogP contribution in [-0.2, 0) is 0 Å². The number of nitrogens with zero attached hydrogens (tertiary/aromatic N) is 2. The molecule has 0 amide bonds. The number of rotatable bonds is 1. The average molecular weight is 248 g/mol. The summed E-state index contributed by atoms with van der Waals surface area (Å²) in [5, 5.41) is 6.16. The summed E-state index contributed by atoms with van der Waals surface area (Å²) >= 11 is 0. The molecule has 1 spiro atoms. The first kappa shape index (κ1) is 12.7. The van der Waals surface area contributed by atoms with Crippen LogP contribution in [0.1, 0.15) is 39.0 Å². The maximum absolute atomic E-state index is 12.7. The first-order valence-corrected chi connectivity index (χ1v) is 6.25. The Hall–Kier alpha value is -0.740. The van der Waals surface area contributed by atoms with E-state index in [-0.39, 0.29) is 5.41 Å². The van der Waals surface area contributed by atoms with Gasteiger partial charge >= 0.3 is 6.18 Å². The highest BCUT2D eigenvalue weighted by Gasteiger charge is 2.50. The van der Waals surface area contributed by atoms with E-state index in [9.17, 15) is 13.2 Å². The van der Waals surface area contributed by atoms with Crippen LogP contribution in [0.25, 0.3) is 0 Å². The Balaban J connectivity index is 1.92. The van der Waals surface area contributed by atoms with Crippen molar-refractivity contribution in [2.45, 2.75) is 45.2 Å². The van der Waals surface area contributed by atoms with Crippen molar-refractivity contribution in [3.05, 3.63) is 0 Å². The minimum atomic E-state index is -4.00. The summed E-state index contributed by atoms with van der Waals surface area (Å²) in [5.74, 6) is -1.07. The highest BCUT2D eigenvalue weighted by Crippen LogP contribution is 2.53. The Morgan fingerprint density at radius 1 is 1.24 bits per heavy atom. The van der Waals surface area contributed by atoms with Gasteiger partial charge in [-0.2, -0.15) is 18.3 Å². The van der Waals surface area contributed by atoms with Gasteiger partial charge in [-0.25, -0.2) is 0 Å². The Kier molecular flexibility index (Phi) is 3.36. The first-order chi connectivity index (χ1) is 7.95. The molecule has 98 valence electrons. The minimum Gasteiger partial charge on any atom is -0.297 e. The minimum absolute atomic E-state index is 0.0556. The van der Waals surface area contributed by atoms with Crippen molar-refractivity contribution < 1.29 is 13.2 Å². The van der Waals surface area contributed by atoms with E-state index in [1.54, 1.807) is 6.21 Å². The second-order valence-corrected chi connectivity index (χ2v) is 5.31. The van der Waals surface area contributed by atoms with Gasteiger partial charge in [0.05, 0.1) is 5.92 Å². The van der Waals surface area contributed by atoms with Gasteiger partial charge in [0.25, 0.3) is 0 Å². The molecule has 5 heteroatoms. The fraction of sp³-hybridized carbons (Fsp3) is 0.917. The topological polar surface area (TPSA) is 15.6 Å². The molecule has 0 radical (unpaired) electrons. The van der Waals surface area contributed by atoms with Crippen LogP contribution in [0.2, 0.25) is 0 Å². The molecule has 2 fully saturated rings. The van der Waals surface area contributed by atoms with E-state index in [1.165, 1.54) is 0 Å². The van der Waals surface area contributed by atoms with Crippen LogP contribution in [-0.4, -0.2) is 30.5 Å². The van der Waals surface area contributed by atoms with E-state index in [4.69, 9.17) is 0 Å². The van der Waals surface area contributed by atoms with Crippen LogP contribution in [0.15, 0.2) is 5.10 Å². The summed E-state index contributed by atoms with van der Waals surface area (Å²) < 4.78 is 38.0. The summed E-state index contributed by atoms with van der Waals surface area (Å²) in [6.07, 6.45) is 0.850. The van der Waals surface area contributed by atoms with E-state index < -0.39 is 12.1 Å². The largest absolute Gasteiger partial charge is 0.391 e. The maximum atomic E-state index is 12.7. The van der Waals surface area contributed by atoms with Crippen molar-refractivity contribution in [2.24, 2.45) is 16.4 Å². The Labute approximate surface area is 99.9 Å². The van der Waals surface area contributed by atoms with Gasteiger partial charge in [-0.1, -0.05) is 0 Å². The lowest BCUT2D eigenvalue weighted by Gasteiger charge is -2.38. The van der Waals surface area contributed by atoms with Crippen molar-refractivity contribution in [1.29, 1.82) is 0 Å². The van der Waals surface area contributed by atoms with Crippen molar-refractivity contribution in [3.8, 4) is 0 Å². The third kappa shape index (κ3) is 2.75. The Morgan fingerprint density at radius 3 is 2.35 bits per heavy atom. The predicted molar refractivity (Wildman–Crippen MR) is 60.8 cm³/mol. The van der Waals surface area contributed by atoms with Crippen molar-refractivity contribution >= 4 is 6.21 Å². The summed E-state index contributed by atoms with van der Waals surface area (Å²) in [4.78, 5) is 0. The highest BCUT2D eigenvalue weighted by molar-refractivity contribution is 5.52. The van der Waals surface area contributed by atoms with Gasteiger partial charge < -0.3 is 0 Å². The molecule has 2 aliphatic rings. The average Bonchev–Trinajstić information content (AvgIpc) is 2.67. The zero-order chi connectivity index (χ0) is 12.5. The van der Waals surface area contributed by atoms with Crippen LogP contribution >= 0.6 is 0 Å². The lowest BCUT2D eigenvalue weighted by molar-refractivity contribution is -0.175. The molecule has 1 atom stereocenters. The lowest BCUT2D eigenvalue weighted by atomic mass is 9.76. The predicted octanol–water partition coefficient (Wildman–Crippen LogP) is 3.44. The first-order valence-electron chi connectivity index (χ1n) is 6.25. The molecule has 0 N–H and O–H groups in total. The van der Waals surface area contributed by atoms with Crippen molar-refractivity contribution in [2.75, 3.05) is 13.1 Å². The molecule has 0 aromatic heterocycles. The van der Waals surface area contributed by atoms with E-state index in [0.29, 0.717) is 12.8 Å². The summed E-state index contributed by atoms with van der Waals surface area (Å²) in [5.41, 5.74) is -0.0556. The fourth-order valence-electron chi connectivity index (χ4n) is 3.19. The second-order valence-electron chi connectivity index (χ2n) is 5.31. The Morgan fingerprint density at radius 2 is 1.88 bits per heavy atom. The third-order valence-electron chi connectivity index (χ3n) is 4.24. The summed E-state index contributed by atoms with van der Waals surface area (Å²) in [6, 6.07) is 0. The molecule has 0 aromatic carbocycles. The number of hydrogen-bond donors (Lipinski definition) is 0. The van der Waals surface area contributed by atoms with Gasteiger partial charge in [0.2, 0.25) is 0 Å². The smallest absolute Gasteiger partial charge is 0.297 e. The van der Waals surface area contributed by atoms with E-state index in [1.807, 2.05) is 11.9 Å². The van der Waals surface area contributed by atoms with E-state index >= 15 is 0 Å². The van der Waals surface area contributed by atoms with Gasteiger partial charge in [-0.05, 0) is 44.4 Å². The van der Waals surface area contributed by atoms with Crippen LogP contribution < -0.4 is 0 Å². The van der Waals surface area contributed by atoms with Crippen LogP contribution in [0.4, 0.5) is 13.2 Å². The Bertz CT molecular complexity index is 291. The van der Waals surface area contributed by atoms with Crippen molar-refractivity contribution in [1.82, 2.24) is 5.01 Å². The fourth-order valence-corrected chi connectivity index (χ4v) is 3.19. The number of alkyl halides is 3. The van der Waals surface area contributed by atoms with Gasteiger partial charge in [0, 0.05) is 19.3 Å². The number of hydrogen-bond acceptors (Lipinski definition) is 2. The molecule has 1 heterocycles. The van der Waals surface area contributed by atoms with Gasteiger partial charge in [-0.3, -0.25) is 5.01 Å². The summed E-state index contributed by atoms with van der Waals surface area (Å²) in [7, 11) is 0.